The molecule has 8 heteroatoms. The van der Waals surface area contributed by atoms with E-state index >= 15 is 0 Å². The molecule has 0 fully saturated rings. The van der Waals surface area contributed by atoms with Gasteiger partial charge in [0, 0.05) is 18.5 Å². The summed E-state index contributed by atoms with van der Waals surface area (Å²) in [4.78, 5) is 42.1. The van der Waals surface area contributed by atoms with Gasteiger partial charge in [0.25, 0.3) is 11.8 Å². The molecule has 1 N–H and O–H groups in total. The van der Waals surface area contributed by atoms with E-state index in [0.29, 0.717) is 17.0 Å². The third-order valence-corrected chi connectivity index (χ3v) is 4.73. The van der Waals surface area contributed by atoms with Gasteiger partial charge in [0.05, 0.1) is 17.7 Å². The quantitative estimate of drug-likeness (QED) is 0.648. The maximum atomic E-state index is 12.3. The summed E-state index contributed by atoms with van der Waals surface area (Å²) in [5.41, 5.74) is 2.62. The van der Waals surface area contributed by atoms with Crippen LogP contribution in [0.25, 0.3) is 11.4 Å². The first-order valence-electron chi connectivity index (χ1n) is 9.15. The van der Waals surface area contributed by atoms with Gasteiger partial charge in [0.1, 0.15) is 0 Å². The lowest BCUT2D eigenvalue weighted by atomic mass is 10.1. The molecule has 1 aliphatic rings. The summed E-state index contributed by atoms with van der Waals surface area (Å²) in [6.07, 6.45) is -0.00967. The van der Waals surface area contributed by atoms with Crippen LogP contribution in [0.15, 0.2) is 53.1 Å². The Bertz CT molecular complexity index is 1070. The minimum atomic E-state index is -0.377. The first kappa shape index (κ1) is 18.5. The van der Waals surface area contributed by atoms with E-state index in [2.05, 4.69) is 15.5 Å². The Morgan fingerprint density at radius 2 is 1.62 bits per heavy atom. The largest absolute Gasteiger partial charge is 0.347 e. The molecule has 146 valence electrons. The molecule has 0 bridgehead atoms. The lowest BCUT2D eigenvalue weighted by molar-refractivity contribution is -0.121. The summed E-state index contributed by atoms with van der Waals surface area (Å²) in [6.45, 7) is 2.03. The molecule has 0 aliphatic carbocycles. The second kappa shape index (κ2) is 7.67. The number of imide groups is 1. The van der Waals surface area contributed by atoms with E-state index in [1.165, 1.54) is 0 Å². The minimum Gasteiger partial charge on any atom is -0.347 e. The van der Waals surface area contributed by atoms with Gasteiger partial charge in [-0.05, 0) is 24.6 Å². The highest BCUT2D eigenvalue weighted by Gasteiger charge is 2.34. The second-order valence-electron chi connectivity index (χ2n) is 6.66. The van der Waals surface area contributed by atoms with Gasteiger partial charge in [-0.2, -0.15) is 4.98 Å². The molecule has 1 aliphatic heterocycles. The molecule has 0 atom stereocenters. The van der Waals surface area contributed by atoms with Crippen molar-refractivity contribution in [3.8, 4) is 11.4 Å². The molecule has 2 heterocycles. The Hall–Kier alpha value is -3.81. The minimum absolute atomic E-state index is 0.00967. The third-order valence-electron chi connectivity index (χ3n) is 4.73. The molecule has 29 heavy (non-hydrogen) atoms. The summed E-state index contributed by atoms with van der Waals surface area (Å²) >= 11 is 0. The van der Waals surface area contributed by atoms with Gasteiger partial charge in [0.2, 0.25) is 17.6 Å². The smallest absolute Gasteiger partial charge is 0.261 e. The number of aryl methyl sites for hydroxylation is 1. The third kappa shape index (κ3) is 3.64. The van der Waals surface area contributed by atoms with Crippen LogP contribution in [0.1, 0.15) is 38.6 Å². The van der Waals surface area contributed by atoms with Crippen LogP contribution in [0.5, 0.6) is 0 Å². The van der Waals surface area contributed by atoms with E-state index in [9.17, 15) is 14.4 Å². The lowest BCUT2D eigenvalue weighted by Crippen LogP contribution is -2.34. The number of nitrogens with one attached hydrogen (secondary N) is 1. The Balaban J connectivity index is 1.31. The van der Waals surface area contributed by atoms with E-state index in [0.717, 1.165) is 16.0 Å². The Kier molecular flexibility index (Phi) is 4.90. The zero-order chi connectivity index (χ0) is 20.4. The van der Waals surface area contributed by atoms with Crippen molar-refractivity contribution in [3.05, 3.63) is 71.1 Å². The number of hydrogen-bond donors (Lipinski definition) is 1. The fourth-order valence-corrected chi connectivity index (χ4v) is 3.18. The zero-order valence-corrected chi connectivity index (χ0v) is 15.7. The van der Waals surface area contributed by atoms with Crippen molar-refractivity contribution in [1.82, 2.24) is 20.4 Å². The molecular formula is C21H18N4O4. The molecule has 3 aromatic rings. The van der Waals surface area contributed by atoms with Crippen LogP contribution < -0.4 is 5.32 Å². The number of carbonyl (C=O) groups is 3. The van der Waals surface area contributed by atoms with Gasteiger partial charge in [-0.1, -0.05) is 41.6 Å². The monoisotopic (exact) mass is 390 g/mol. The Morgan fingerprint density at radius 1 is 1.00 bits per heavy atom. The highest BCUT2D eigenvalue weighted by atomic mass is 16.5. The van der Waals surface area contributed by atoms with E-state index < -0.39 is 0 Å². The summed E-state index contributed by atoms with van der Waals surface area (Å²) in [7, 11) is 0. The van der Waals surface area contributed by atoms with Gasteiger partial charge in [-0.3, -0.25) is 19.3 Å². The van der Waals surface area contributed by atoms with Crippen LogP contribution in [0.4, 0.5) is 0 Å². The average Bonchev–Trinajstić information content (AvgIpc) is 3.29. The molecule has 3 amide bonds. The standard InChI is InChI=1S/C21H18N4O4/c1-13-6-2-3-7-14(13)19-23-18(29-24-19)12-22-17(26)10-11-25-20(27)15-8-4-5-9-16(15)21(25)28/h2-9H,10-12H2,1H3,(H,22,26). The fraction of sp³-hybridized carbons (Fsp3) is 0.190. The molecule has 0 unspecified atom stereocenters. The Morgan fingerprint density at radius 3 is 2.28 bits per heavy atom. The zero-order valence-electron chi connectivity index (χ0n) is 15.7. The molecule has 0 saturated heterocycles. The number of benzene rings is 2. The van der Waals surface area contributed by atoms with Gasteiger partial charge in [-0.25, -0.2) is 0 Å². The number of fused-ring (bicyclic) bond motifs is 1. The number of amides is 3. The molecule has 0 saturated carbocycles. The van der Waals surface area contributed by atoms with E-state index in [4.69, 9.17) is 4.52 Å². The molecule has 8 nitrogen and oxygen atoms in total. The molecule has 1 aromatic heterocycles. The molecule has 4 rings (SSSR count). The highest BCUT2D eigenvalue weighted by molar-refractivity contribution is 6.21. The van der Waals surface area contributed by atoms with Gasteiger partial charge in [-0.15, -0.1) is 0 Å². The van der Waals surface area contributed by atoms with Crippen LogP contribution in [0, 0.1) is 6.92 Å². The average molecular weight is 390 g/mol. The van der Waals surface area contributed by atoms with Crippen molar-refractivity contribution < 1.29 is 18.9 Å². The van der Waals surface area contributed by atoms with Crippen molar-refractivity contribution in [2.24, 2.45) is 0 Å². The van der Waals surface area contributed by atoms with Gasteiger partial charge in [0.15, 0.2) is 0 Å². The fourth-order valence-electron chi connectivity index (χ4n) is 3.18. The maximum Gasteiger partial charge on any atom is 0.261 e. The van der Waals surface area contributed by atoms with E-state index in [-0.39, 0.29) is 43.1 Å². The molecule has 0 radical (unpaired) electrons. The van der Waals surface area contributed by atoms with E-state index in [1.807, 2.05) is 31.2 Å². The number of aromatic nitrogens is 2. The lowest BCUT2D eigenvalue weighted by Gasteiger charge is -2.13. The number of nitrogens with zero attached hydrogens (tertiary/aromatic N) is 3. The maximum absolute atomic E-state index is 12.3. The number of hydrogen-bond acceptors (Lipinski definition) is 6. The highest BCUT2D eigenvalue weighted by Crippen LogP contribution is 2.22. The van der Waals surface area contributed by atoms with Crippen molar-refractivity contribution in [1.29, 1.82) is 0 Å². The van der Waals surface area contributed by atoms with Crippen LogP contribution >= 0.6 is 0 Å². The van der Waals surface area contributed by atoms with Crippen molar-refractivity contribution in [2.75, 3.05) is 6.54 Å². The summed E-state index contributed by atoms with van der Waals surface area (Å²) in [5, 5.41) is 6.61. The number of rotatable bonds is 6. The molecule has 0 spiro atoms. The molecule has 2 aromatic carbocycles. The SMILES string of the molecule is Cc1ccccc1-c1noc(CNC(=O)CCN2C(=O)c3ccccc3C2=O)n1. The summed E-state index contributed by atoms with van der Waals surface area (Å²) < 4.78 is 5.18. The molecular weight excluding hydrogens is 372 g/mol. The van der Waals surface area contributed by atoms with Crippen LogP contribution in [0.2, 0.25) is 0 Å². The normalized spacial score (nSPS) is 12.9. The van der Waals surface area contributed by atoms with Crippen LogP contribution in [-0.4, -0.2) is 39.3 Å². The first-order chi connectivity index (χ1) is 14.0. The number of carbonyl (C=O) groups excluding carboxylic acids is 3. The van der Waals surface area contributed by atoms with Crippen molar-refractivity contribution >= 4 is 17.7 Å². The topological polar surface area (TPSA) is 105 Å². The van der Waals surface area contributed by atoms with Crippen molar-refractivity contribution in [3.63, 3.8) is 0 Å². The van der Waals surface area contributed by atoms with Crippen molar-refractivity contribution in [2.45, 2.75) is 19.9 Å². The second-order valence-corrected chi connectivity index (χ2v) is 6.66. The predicted molar refractivity (Wildman–Crippen MR) is 103 cm³/mol. The van der Waals surface area contributed by atoms with E-state index in [1.54, 1.807) is 24.3 Å². The summed E-state index contributed by atoms with van der Waals surface area (Å²) in [6, 6.07) is 14.3. The van der Waals surface area contributed by atoms with Crippen LogP contribution in [-0.2, 0) is 11.3 Å². The Labute approximate surface area is 166 Å². The van der Waals surface area contributed by atoms with Gasteiger partial charge < -0.3 is 9.84 Å². The van der Waals surface area contributed by atoms with Crippen LogP contribution in [0.3, 0.4) is 0 Å². The summed E-state index contributed by atoms with van der Waals surface area (Å²) in [5.74, 6) is -0.343. The van der Waals surface area contributed by atoms with Gasteiger partial charge >= 0.3 is 0 Å². The first-order valence-corrected chi connectivity index (χ1v) is 9.15. The predicted octanol–water partition coefficient (Wildman–Crippen LogP) is 2.35.